The molecule has 0 aliphatic heterocycles. The van der Waals surface area contributed by atoms with Crippen molar-refractivity contribution in [2.24, 2.45) is 5.92 Å². The van der Waals surface area contributed by atoms with E-state index >= 15 is 0 Å². The molecule has 0 spiro atoms. The van der Waals surface area contributed by atoms with Gasteiger partial charge in [-0.3, -0.25) is 9.78 Å². The highest BCUT2D eigenvalue weighted by molar-refractivity contribution is 7.90. The van der Waals surface area contributed by atoms with Gasteiger partial charge in [-0.15, -0.1) is 0 Å². The normalized spacial score (nSPS) is 20.2. The highest BCUT2D eigenvalue weighted by atomic mass is 32.2. The fourth-order valence-electron chi connectivity index (χ4n) is 2.68. The summed E-state index contributed by atoms with van der Waals surface area (Å²) < 4.78 is 26.4. The third-order valence-electron chi connectivity index (χ3n) is 3.91. The first-order valence-electron chi connectivity index (χ1n) is 7.76. The zero-order chi connectivity index (χ0) is 18.0. The summed E-state index contributed by atoms with van der Waals surface area (Å²) in [5.74, 6) is -0.590. The van der Waals surface area contributed by atoms with Crippen molar-refractivity contribution < 1.29 is 13.2 Å². The third-order valence-corrected chi connectivity index (χ3v) is 5.91. The summed E-state index contributed by atoms with van der Waals surface area (Å²) in [4.78, 5) is 16.0. The first kappa shape index (κ1) is 17.1. The van der Waals surface area contributed by atoms with Gasteiger partial charge < -0.3 is 5.32 Å². The minimum atomic E-state index is -3.71. The zero-order valence-electron chi connectivity index (χ0n) is 13.8. The summed E-state index contributed by atoms with van der Waals surface area (Å²) in [6.07, 6.45) is 9.47. The van der Waals surface area contributed by atoms with Gasteiger partial charge in [-0.1, -0.05) is 36.8 Å². The van der Waals surface area contributed by atoms with E-state index in [4.69, 9.17) is 0 Å². The predicted molar refractivity (Wildman–Crippen MR) is 94.6 cm³/mol. The van der Waals surface area contributed by atoms with Crippen LogP contribution in [0.5, 0.6) is 0 Å². The van der Waals surface area contributed by atoms with Gasteiger partial charge in [0.25, 0.3) is 15.9 Å². The maximum absolute atomic E-state index is 12.8. The molecule has 0 fully saturated rings. The van der Waals surface area contributed by atoms with E-state index in [0.29, 0.717) is 5.69 Å². The minimum Gasteiger partial charge on any atom is -0.318 e. The van der Waals surface area contributed by atoms with Crippen LogP contribution in [-0.2, 0) is 10.0 Å². The summed E-state index contributed by atoms with van der Waals surface area (Å²) in [7, 11) is -3.71. The van der Waals surface area contributed by atoms with Gasteiger partial charge in [-0.25, -0.2) is 8.42 Å². The van der Waals surface area contributed by atoms with Crippen LogP contribution in [0, 0.1) is 5.92 Å². The molecule has 1 aliphatic rings. The SMILES string of the molecule is CC1=CC(C)C(S(=O)(=O)n2cc(NC(=O)c3ccccn3)cn2)C=C1. The fraction of sp³-hybridized carbons (Fsp3) is 0.235. The minimum absolute atomic E-state index is 0.161. The molecule has 2 aromatic heterocycles. The maximum atomic E-state index is 12.8. The van der Waals surface area contributed by atoms with Crippen molar-refractivity contribution >= 4 is 21.6 Å². The second-order valence-corrected chi connectivity index (χ2v) is 7.86. The van der Waals surface area contributed by atoms with Crippen LogP contribution in [-0.4, -0.2) is 33.7 Å². The summed E-state index contributed by atoms with van der Waals surface area (Å²) in [5, 5.41) is 5.80. The lowest BCUT2D eigenvalue weighted by molar-refractivity contribution is 0.102. The smallest absolute Gasteiger partial charge is 0.274 e. The van der Waals surface area contributed by atoms with Crippen molar-refractivity contribution in [1.82, 2.24) is 14.2 Å². The van der Waals surface area contributed by atoms with Gasteiger partial charge in [0.05, 0.1) is 18.1 Å². The van der Waals surface area contributed by atoms with Crippen molar-refractivity contribution in [2.45, 2.75) is 19.1 Å². The van der Waals surface area contributed by atoms with E-state index < -0.39 is 21.2 Å². The summed E-state index contributed by atoms with van der Waals surface area (Å²) in [5.41, 5.74) is 1.56. The van der Waals surface area contributed by atoms with Crippen LogP contribution in [0.15, 0.2) is 60.6 Å². The van der Waals surface area contributed by atoms with Crippen LogP contribution in [0.25, 0.3) is 0 Å². The molecule has 0 aromatic carbocycles. The number of anilines is 1. The molecule has 0 radical (unpaired) electrons. The van der Waals surface area contributed by atoms with Gasteiger partial charge in [-0.2, -0.15) is 9.19 Å². The number of pyridine rings is 1. The number of allylic oxidation sites excluding steroid dienone is 3. The second kappa shape index (κ2) is 6.64. The number of aromatic nitrogens is 3. The summed E-state index contributed by atoms with van der Waals surface area (Å²) in [6.45, 7) is 3.78. The molecule has 1 N–H and O–H groups in total. The Morgan fingerprint density at radius 2 is 2.12 bits per heavy atom. The van der Waals surface area contributed by atoms with Crippen LogP contribution in [0.4, 0.5) is 5.69 Å². The number of amides is 1. The maximum Gasteiger partial charge on any atom is 0.274 e. The number of nitrogens with one attached hydrogen (secondary N) is 1. The quantitative estimate of drug-likeness (QED) is 0.904. The number of hydrogen-bond acceptors (Lipinski definition) is 5. The van der Waals surface area contributed by atoms with Gasteiger partial charge in [0, 0.05) is 6.20 Å². The van der Waals surface area contributed by atoms with Crippen LogP contribution in [0.3, 0.4) is 0 Å². The van der Waals surface area contributed by atoms with Crippen molar-refractivity contribution in [3.8, 4) is 0 Å². The Kier molecular flexibility index (Phi) is 4.54. The standard InChI is InChI=1S/C17H18N4O3S/c1-12-6-7-16(13(2)9-12)25(23,24)21-11-14(10-19-21)20-17(22)15-5-3-4-8-18-15/h3-11,13,16H,1-2H3,(H,20,22). The molecule has 2 heterocycles. The molecule has 1 amide bonds. The summed E-state index contributed by atoms with van der Waals surface area (Å²) in [6, 6.07) is 4.97. The average Bonchev–Trinajstić information content (AvgIpc) is 3.04. The average molecular weight is 358 g/mol. The molecular formula is C17H18N4O3S. The Morgan fingerprint density at radius 1 is 1.32 bits per heavy atom. The van der Waals surface area contributed by atoms with E-state index in [2.05, 4.69) is 15.4 Å². The molecule has 25 heavy (non-hydrogen) atoms. The van der Waals surface area contributed by atoms with Crippen LogP contribution >= 0.6 is 0 Å². The molecule has 0 saturated carbocycles. The van der Waals surface area contributed by atoms with Gasteiger partial charge >= 0.3 is 0 Å². The largest absolute Gasteiger partial charge is 0.318 e. The molecule has 2 aromatic rings. The molecule has 8 heteroatoms. The van der Waals surface area contributed by atoms with Crippen molar-refractivity contribution in [2.75, 3.05) is 5.32 Å². The van der Waals surface area contributed by atoms with E-state index in [1.165, 1.54) is 18.6 Å². The van der Waals surface area contributed by atoms with E-state index in [-0.39, 0.29) is 11.6 Å². The molecule has 0 bridgehead atoms. The lowest BCUT2D eigenvalue weighted by Crippen LogP contribution is -2.32. The molecule has 0 saturated heterocycles. The van der Waals surface area contributed by atoms with E-state index in [1.54, 1.807) is 30.4 Å². The van der Waals surface area contributed by atoms with Crippen LogP contribution in [0.2, 0.25) is 0 Å². The summed E-state index contributed by atoms with van der Waals surface area (Å²) >= 11 is 0. The first-order valence-corrected chi connectivity index (χ1v) is 9.26. The Bertz CT molecular complexity index is 945. The van der Waals surface area contributed by atoms with Gasteiger partial charge in [0.1, 0.15) is 10.9 Å². The highest BCUT2D eigenvalue weighted by Crippen LogP contribution is 2.24. The van der Waals surface area contributed by atoms with Gasteiger partial charge in [-0.05, 0) is 25.0 Å². The topological polar surface area (TPSA) is 94.0 Å². The number of carbonyl (C=O) groups excluding carboxylic acids is 1. The monoisotopic (exact) mass is 358 g/mol. The Balaban J connectivity index is 1.79. The van der Waals surface area contributed by atoms with E-state index in [9.17, 15) is 13.2 Å². The molecule has 1 aliphatic carbocycles. The van der Waals surface area contributed by atoms with Gasteiger partial charge in [0.2, 0.25) is 0 Å². The van der Waals surface area contributed by atoms with Crippen molar-refractivity contribution in [3.05, 3.63) is 66.3 Å². The first-order chi connectivity index (χ1) is 11.9. The van der Waals surface area contributed by atoms with Crippen LogP contribution in [0.1, 0.15) is 24.3 Å². The lowest BCUT2D eigenvalue weighted by Gasteiger charge is -2.21. The van der Waals surface area contributed by atoms with E-state index in [1.807, 2.05) is 19.9 Å². The second-order valence-electron chi connectivity index (χ2n) is 5.91. The molecule has 2 unspecified atom stereocenters. The molecular weight excluding hydrogens is 340 g/mol. The Hall–Kier alpha value is -2.74. The predicted octanol–water partition coefficient (Wildman–Crippen LogP) is 2.23. The number of carbonyl (C=O) groups is 1. The highest BCUT2D eigenvalue weighted by Gasteiger charge is 2.31. The fourth-order valence-corrected chi connectivity index (χ4v) is 4.27. The number of rotatable bonds is 4. The number of hydrogen-bond donors (Lipinski definition) is 1. The van der Waals surface area contributed by atoms with Crippen molar-refractivity contribution in [3.63, 3.8) is 0 Å². The van der Waals surface area contributed by atoms with Crippen LogP contribution < -0.4 is 5.32 Å². The third kappa shape index (κ3) is 3.53. The Labute approximate surface area is 146 Å². The van der Waals surface area contributed by atoms with Gasteiger partial charge in [0.15, 0.2) is 0 Å². The van der Waals surface area contributed by atoms with Crippen molar-refractivity contribution in [1.29, 1.82) is 0 Å². The van der Waals surface area contributed by atoms with E-state index in [0.717, 1.165) is 9.66 Å². The molecule has 2 atom stereocenters. The zero-order valence-corrected chi connectivity index (χ0v) is 14.6. The molecule has 3 rings (SSSR count). The number of nitrogens with zero attached hydrogens (tertiary/aromatic N) is 3. The lowest BCUT2D eigenvalue weighted by atomic mass is 9.98. The Morgan fingerprint density at radius 3 is 2.80 bits per heavy atom. The molecule has 7 nitrogen and oxygen atoms in total. The molecule has 130 valence electrons.